The van der Waals surface area contributed by atoms with E-state index in [2.05, 4.69) is 15.0 Å². The van der Waals surface area contributed by atoms with Gasteiger partial charge in [0, 0.05) is 32.0 Å². The van der Waals surface area contributed by atoms with Gasteiger partial charge < -0.3 is 9.32 Å². The Morgan fingerprint density at radius 3 is 2.61 bits per heavy atom. The largest absolute Gasteiger partial charge is 0.446 e. The molecule has 1 saturated heterocycles. The van der Waals surface area contributed by atoms with Gasteiger partial charge >= 0.3 is 0 Å². The Bertz CT molecular complexity index is 1270. The predicted molar refractivity (Wildman–Crippen MR) is 116 cm³/mol. The first-order valence-corrected chi connectivity index (χ1v) is 10.8. The highest BCUT2D eigenvalue weighted by atomic mass is 19.1. The zero-order valence-corrected chi connectivity index (χ0v) is 17.7. The van der Waals surface area contributed by atoms with Crippen molar-refractivity contribution in [3.05, 3.63) is 65.4 Å². The fourth-order valence-corrected chi connectivity index (χ4v) is 5.36. The third-order valence-corrected chi connectivity index (χ3v) is 6.92. The maximum atomic E-state index is 14.5. The van der Waals surface area contributed by atoms with E-state index in [1.54, 1.807) is 18.3 Å². The van der Waals surface area contributed by atoms with Crippen LogP contribution in [0.2, 0.25) is 0 Å². The highest BCUT2D eigenvalue weighted by Gasteiger charge is 2.43. The zero-order chi connectivity index (χ0) is 21.2. The van der Waals surface area contributed by atoms with Crippen molar-refractivity contribution in [3.8, 4) is 11.3 Å². The summed E-state index contributed by atoms with van der Waals surface area (Å²) >= 11 is 0. The van der Waals surface area contributed by atoms with Gasteiger partial charge in [-0.1, -0.05) is 12.1 Å². The number of aryl methyl sites for hydroxylation is 2. The van der Waals surface area contributed by atoms with Gasteiger partial charge in [0.25, 0.3) is 0 Å². The molecule has 1 aliphatic heterocycles. The molecule has 0 atom stereocenters. The highest BCUT2D eigenvalue weighted by Crippen LogP contribution is 2.45. The Hall–Kier alpha value is -3.22. The van der Waals surface area contributed by atoms with Crippen LogP contribution in [0, 0.1) is 25.1 Å². The van der Waals surface area contributed by atoms with Crippen molar-refractivity contribution in [2.24, 2.45) is 5.41 Å². The van der Waals surface area contributed by atoms with E-state index >= 15 is 0 Å². The van der Waals surface area contributed by atoms with Crippen molar-refractivity contribution in [2.75, 3.05) is 18.0 Å². The zero-order valence-electron chi connectivity index (χ0n) is 17.7. The van der Waals surface area contributed by atoms with Crippen molar-refractivity contribution >= 4 is 11.3 Å². The van der Waals surface area contributed by atoms with E-state index in [-0.39, 0.29) is 11.2 Å². The number of benzene rings is 1. The van der Waals surface area contributed by atoms with Gasteiger partial charge in [0.2, 0.25) is 0 Å². The number of hydrogen-bond acceptors (Lipinski definition) is 5. The average Bonchev–Trinajstić information content (AvgIpc) is 3.43. The molecule has 7 heteroatoms. The number of halogens is 1. The van der Waals surface area contributed by atoms with Crippen LogP contribution >= 0.6 is 0 Å². The summed E-state index contributed by atoms with van der Waals surface area (Å²) in [6.07, 6.45) is 5.91. The summed E-state index contributed by atoms with van der Waals surface area (Å²) in [6.45, 7) is 5.70. The fraction of sp³-hybridized carbons (Fsp3) is 0.375. The molecule has 1 spiro atoms. The van der Waals surface area contributed by atoms with Crippen molar-refractivity contribution in [1.29, 1.82) is 0 Å². The molecule has 0 unspecified atom stereocenters. The summed E-state index contributed by atoms with van der Waals surface area (Å²) in [5.74, 6) is 2.51. The van der Waals surface area contributed by atoms with E-state index in [1.165, 1.54) is 6.07 Å². The molecule has 1 aliphatic carbocycles. The molecule has 0 saturated carbocycles. The monoisotopic (exact) mass is 417 g/mol. The van der Waals surface area contributed by atoms with E-state index in [9.17, 15) is 4.39 Å². The number of oxazole rings is 1. The lowest BCUT2D eigenvalue weighted by atomic mass is 9.76. The summed E-state index contributed by atoms with van der Waals surface area (Å²) in [5.41, 5.74) is 4.31. The average molecular weight is 417 g/mol. The van der Waals surface area contributed by atoms with Crippen molar-refractivity contribution in [3.63, 3.8) is 0 Å². The first-order valence-electron chi connectivity index (χ1n) is 10.8. The Morgan fingerprint density at radius 1 is 1.03 bits per heavy atom. The molecule has 31 heavy (non-hydrogen) atoms. The number of piperidine rings is 1. The van der Waals surface area contributed by atoms with Gasteiger partial charge in [0.1, 0.15) is 17.1 Å². The molecule has 2 aliphatic rings. The minimum atomic E-state index is -0.265. The summed E-state index contributed by atoms with van der Waals surface area (Å²) in [7, 11) is 0. The first-order chi connectivity index (χ1) is 15.0. The smallest absolute Gasteiger partial charge is 0.191 e. The van der Waals surface area contributed by atoms with E-state index in [0.29, 0.717) is 11.3 Å². The number of anilines is 1. The molecule has 0 radical (unpaired) electrons. The molecule has 1 fully saturated rings. The van der Waals surface area contributed by atoms with Crippen LogP contribution in [0.5, 0.6) is 0 Å². The quantitative estimate of drug-likeness (QED) is 0.480. The van der Waals surface area contributed by atoms with Gasteiger partial charge in [-0.15, -0.1) is 0 Å². The van der Waals surface area contributed by atoms with Gasteiger partial charge in [-0.25, -0.2) is 18.9 Å². The second-order valence-electron chi connectivity index (χ2n) is 8.92. The Balaban J connectivity index is 1.32. The van der Waals surface area contributed by atoms with Crippen molar-refractivity contribution in [2.45, 2.75) is 39.5 Å². The molecule has 4 aromatic rings. The third kappa shape index (κ3) is 2.86. The lowest BCUT2D eigenvalue weighted by Crippen LogP contribution is -2.41. The lowest BCUT2D eigenvalue weighted by molar-refractivity contribution is 0.220. The number of hydrogen-bond donors (Lipinski definition) is 0. The molecular formula is C24H24FN5O. The molecule has 6 rings (SSSR count). The fourth-order valence-electron chi connectivity index (χ4n) is 5.36. The third-order valence-electron chi connectivity index (χ3n) is 6.92. The normalized spacial score (nSPS) is 17.6. The summed E-state index contributed by atoms with van der Waals surface area (Å²) in [6, 6.07) is 8.76. The topological polar surface area (TPSA) is 59.5 Å². The maximum Gasteiger partial charge on any atom is 0.191 e. The molecule has 0 N–H and O–H groups in total. The number of nitrogens with zero attached hydrogens (tertiary/aromatic N) is 5. The van der Waals surface area contributed by atoms with Crippen molar-refractivity contribution < 1.29 is 8.81 Å². The van der Waals surface area contributed by atoms with Gasteiger partial charge in [-0.05, 0) is 49.8 Å². The Labute approximate surface area is 179 Å². The number of fused-ring (bicyclic) bond motifs is 2. The summed E-state index contributed by atoms with van der Waals surface area (Å²) in [5, 5.41) is 4.51. The number of rotatable bonds is 2. The van der Waals surface area contributed by atoms with Crippen LogP contribution in [-0.4, -0.2) is 32.7 Å². The molecule has 0 bridgehead atoms. The van der Waals surface area contributed by atoms with Gasteiger partial charge in [0.05, 0.1) is 23.3 Å². The van der Waals surface area contributed by atoms with E-state index < -0.39 is 0 Å². The summed E-state index contributed by atoms with van der Waals surface area (Å²) < 4.78 is 22.2. The van der Waals surface area contributed by atoms with E-state index in [1.807, 2.05) is 30.5 Å². The van der Waals surface area contributed by atoms with Crippen molar-refractivity contribution in [1.82, 2.24) is 19.6 Å². The standard InChI is InChI=1S/C24H24FN5O/c1-15-22(17-5-3-4-6-18(17)25)30-20(7-10-26-30)23(27-15)29-11-8-24(9-12-29)13-19-21(14-24)31-16(2)28-19/h3-7,10H,8-9,11-14H2,1-2H3. The summed E-state index contributed by atoms with van der Waals surface area (Å²) in [4.78, 5) is 11.9. The predicted octanol–water partition coefficient (Wildman–Crippen LogP) is 4.53. The number of aromatic nitrogens is 4. The maximum absolute atomic E-state index is 14.5. The van der Waals surface area contributed by atoms with Crippen LogP contribution in [0.4, 0.5) is 10.2 Å². The van der Waals surface area contributed by atoms with Crippen LogP contribution in [0.25, 0.3) is 16.8 Å². The molecule has 6 nitrogen and oxygen atoms in total. The molecule has 0 amide bonds. The second kappa shape index (κ2) is 6.64. The first kappa shape index (κ1) is 18.5. The van der Waals surface area contributed by atoms with Crippen LogP contribution in [-0.2, 0) is 12.8 Å². The molecule has 1 aromatic carbocycles. The van der Waals surface area contributed by atoms with Gasteiger partial charge in [-0.2, -0.15) is 5.10 Å². The SMILES string of the molecule is Cc1nc2c(o1)CC1(CCN(c3nc(C)c(-c4ccccc4F)n4nccc34)CC1)C2. The Kier molecular flexibility index (Phi) is 3.97. The molecule has 3 aromatic heterocycles. The Morgan fingerprint density at radius 2 is 1.84 bits per heavy atom. The van der Waals surface area contributed by atoms with Gasteiger partial charge in [0.15, 0.2) is 11.7 Å². The van der Waals surface area contributed by atoms with E-state index in [4.69, 9.17) is 9.40 Å². The molecule has 4 heterocycles. The molecule has 158 valence electrons. The van der Waals surface area contributed by atoms with Crippen LogP contribution in [0.1, 0.15) is 35.9 Å². The highest BCUT2D eigenvalue weighted by molar-refractivity contribution is 5.75. The van der Waals surface area contributed by atoms with Gasteiger partial charge in [-0.3, -0.25) is 0 Å². The van der Waals surface area contributed by atoms with E-state index in [0.717, 1.165) is 73.1 Å². The van der Waals surface area contributed by atoms with Crippen LogP contribution < -0.4 is 4.90 Å². The minimum Gasteiger partial charge on any atom is -0.446 e. The minimum absolute atomic E-state index is 0.254. The second-order valence-corrected chi connectivity index (χ2v) is 8.92. The van der Waals surface area contributed by atoms with Crippen LogP contribution in [0.15, 0.2) is 40.9 Å². The molecular weight excluding hydrogens is 393 g/mol. The lowest BCUT2D eigenvalue weighted by Gasteiger charge is -2.39. The van der Waals surface area contributed by atoms with Crippen LogP contribution in [0.3, 0.4) is 0 Å².